The Morgan fingerprint density at radius 3 is 2.62 bits per heavy atom. The van der Waals surface area contributed by atoms with Crippen molar-refractivity contribution in [3.63, 3.8) is 0 Å². The van der Waals surface area contributed by atoms with E-state index in [0.717, 1.165) is 36.5 Å². The van der Waals surface area contributed by atoms with Crippen molar-refractivity contribution >= 4 is 5.97 Å². The summed E-state index contributed by atoms with van der Waals surface area (Å²) in [6, 6.07) is 8.00. The summed E-state index contributed by atoms with van der Waals surface area (Å²) in [7, 11) is 1.41. The summed E-state index contributed by atoms with van der Waals surface area (Å²) in [5, 5.41) is 8.38. The second kappa shape index (κ2) is 6.40. The number of methoxy groups -OCH3 is 1. The van der Waals surface area contributed by atoms with Crippen molar-refractivity contribution in [2.75, 3.05) is 13.7 Å². The number of aromatic nitrogens is 2. The van der Waals surface area contributed by atoms with Crippen molar-refractivity contribution in [2.45, 2.75) is 45.6 Å². The molecule has 24 heavy (non-hydrogen) atoms. The Kier molecular flexibility index (Phi) is 4.45. The predicted octanol–water partition coefficient (Wildman–Crippen LogP) is 2.53. The molecule has 3 rings (SSSR count). The third-order valence-corrected chi connectivity index (χ3v) is 4.40. The molecular weight excluding hydrogens is 302 g/mol. The Hall–Kier alpha value is -2.14. The van der Waals surface area contributed by atoms with E-state index in [1.54, 1.807) is 0 Å². The molecule has 5 heteroatoms. The summed E-state index contributed by atoms with van der Waals surface area (Å²) in [4.78, 5) is 11.4. The first-order valence-corrected chi connectivity index (χ1v) is 8.38. The lowest BCUT2D eigenvalue weighted by Crippen LogP contribution is -2.26. The highest BCUT2D eigenvalue weighted by molar-refractivity contribution is 5.72. The molecule has 1 N–H and O–H groups in total. The van der Waals surface area contributed by atoms with Crippen LogP contribution in [0, 0.1) is 0 Å². The monoisotopic (exact) mass is 327 g/mol. The molecule has 0 atom stereocenters. The first-order chi connectivity index (χ1) is 11.4. The molecule has 1 aromatic heterocycles. The molecule has 0 radical (unpaired) electrons. The Balaban J connectivity index is 1.97. The first-order valence-electron chi connectivity index (χ1n) is 8.38. The molecule has 2 aromatic rings. The lowest BCUT2D eigenvalue weighted by atomic mass is 9.88. The molecule has 0 saturated carbocycles. The van der Waals surface area contributed by atoms with Gasteiger partial charge in [0.25, 0.3) is 0 Å². The van der Waals surface area contributed by atoms with E-state index in [2.05, 4.69) is 30.8 Å². The lowest BCUT2D eigenvalue weighted by molar-refractivity contribution is -0.139. The number of fused-ring (bicyclic) bond motifs is 1. The minimum absolute atomic E-state index is 0.0131. The van der Waals surface area contributed by atoms with Crippen LogP contribution in [-0.2, 0) is 34.3 Å². The predicted molar refractivity (Wildman–Crippen MR) is 93.4 cm³/mol. The zero-order chi connectivity index (χ0) is 17.3. The molecule has 5 nitrogen and oxygen atoms in total. The summed E-state index contributed by atoms with van der Waals surface area (Å²) < 4.78 is 6.79. The average Bonchev–Trinajstić information content (AvgIpc) is 2.95. The number of nitrogens with one attached hydrogen (secondary N) is 1. The molecule has 1 aromatic carbocycles. The van der Waals surface area contributed by atoms with Gasteiger partial charge in [0.15, 0.2) is 0 Å². The molecule has 1 aliphatic rings. The van der Waals surface area contributed by atoms with E-state index in [9.17, 15) is 4.79 Å². The van der Waals surface area contributed by atoms with Gasteiger partial charge in [-0.1, -0.05) is 32.9 Å². The summed E-state index contributed by atoms with van der Waals surface area (Å²) in [6.07, 6.45) is 1.27. The van der Waals surface area contributed by atoms with Crippen LogP contribution in [0.5, 0.6) is 0 Å². The third-order valence-electron chi connectivity index (χ3n) is 4.40. The van der Waals surface area contributed by atoms with E-state index in [0.29, 0.717) is 6.42 Å². The molecule has 1 aliphatic heterocycles. The molecule has 0 saturated heterocycles. The maximum absolute atomic E-state index is 11.4. The van der Waals surface area contributed by atoms with E-state index in [4.69, 9.17) is 9.84 Å². The second-order valence-electron chi connectivity index (χ2n) is 7.28. The normalized spacial score (nSPS) is 14.3. The number of nitrogens with zero attached hydrogens (tertiary/aromatic N) is 2. The molecule has 128 valence electrons. The van der Waals surface area contributed by atoms with Gasteiger partial charge in [-0.05, 0) is 17.7 Å². The van der Waals surface area contributed by atoms with E-state index >= 15 is 0 Å². The van der Waals surface area contributed by atoms with Crippen LogP contribution < -0.4 is 5.32 Å². The van der Waals surface area contributed by atoms with Crippen LogP contribution in [0.25, 0.3) is 5.69 Å². The second-order valence-corrected chi connectivity index (χ2v) is 7.28. The molecule has 0 amide bonds. The summed E-state index contributed by atoms with van der Waals surface area (Å²) in [6.45, 7) is 8.46. The topological polar surface area (TPSA) is 56.2 Å². The van der Waals surface area contributed by atoms with Crippen LogP contribution in [0.1, 0.15) is 43.3 Å². The van der Waals surface area contributed by atoms with Crippen LogP contribution in [0.3, 0.4) is 0 Å². The number of benzene rings is 1. The number of hydrogen-bond acceptors (Lipinski definition) is 4. The van der Waals surface area contributed by atoms with Gasteiger partial charge in [0.2, 0.25) is 0 Å². The van der Waals surface area contributed by atoms with E-state index in [-0.39, 0.29) is 11.4 Å². The van der Waals surface area contributed by atoms with Crippen LogP contribution in [0.2, 0.25) is 0 Å². The highest BCUT2D eigenvalue weighted by Gasteiger charge is 2.28. The van der Waals surface area contributed by atoms with Gasteiger partial charge in [0, 0.05) is 30.5 Å². The molecule has 2 heterocycles. The smallest absolute Gasteiger partial charge is 0.309 e. The van der Waals surface area contributed by atoms with Gasteiger partial charge in [0.1, 0.15) is 0 Å². The van der Waals surface area contributed by atoms with Gasteiger partial charge in [-0.25, -0.2) is 4.68 Å². The largest absolute Gasteiger partial charge is 0.469 e. The van der Waals surface area contributed by atoms with Crippen molar-refractivity contribution in [2.24, 2.45) is 0 Å². The van der Waals surface area contributed by atoms with Crippen molar-refractivity contribution in [3.05, 3.63) is 46.8 Å². The fraction of sp³-hybridized carbons (Fsp3) is 0.474. The highest BCUT2D eigenvalue weighted by Crippen LogP contribution is 2.30. The van der Waals surface area contributed by atoms with Crippen LogP contribution in [0.4, 0.5) is 0 Å². The minimum Gasteiger partial charge on any atom is -0.469 e. The number of carbonyl (C=O) groups is 1. The minimum atomic E-state index is -0.222. The summed E-state index contributed by atoms with van der Waals surface area (Å²) in [5.74, 6) is -0.222. The Morgan fingerprint density at radius 2 is 2.00 bits per heavy atom. The molecular formula is C19H25N3O2. The quantitative estimate of drug-likeness (QED) is 0.880. The fourth-order valence-electron chi connectivity index (χ4n) is 3.16. The number of carbonyl (C=O) groups excluding carboxylic acids is 1. The van der Waals surface area contributed by atoms with Crippen molar-refractivity contribution in [1.29, 1.82) is 0 Å². The number of esters is 1. The zero-order valence-electron chi connectivity index (χ0n) is 14.8. The SMILES string of the molecule is COC(=O)Cc1ccc(-n2nc(C(C)(C)C)c3c2CCNC3)cc1. The van der Waals surface area contributed by atoms with Crippen molar-refractivity contribution < 1.29 is 9.53 Å². The Bertz CT molecular complexity index is 739. The lowest BCUT2D eigenvalue weighted by Gasteiger charge is -2.20. The molecule has 0 unspecified atom stereocenters. The van der Waals surface area contributed by atoms with Crippen molar-refractivity contribution in [1.82, 2.24) is 15.1 Å². The van der Waals surface area contributed by atoms with Crippen LogP contribution in [-0.4, -0.2) is 29.4 Å². The standard InChI is InChI=1S/C19H25N3O2/c1-19(2,3)18-15-12-20-10-9-16(15)22(21-18)14-7-5-13(6-8-14)11-17(23)24-4/h5-8,20H,9-12H2,1-4H3. The number of ether oxygens (including phenoxy) is 1. The van der Waals surface area contributed by atoms with Gasteiger partial charge < -0.3 is 10.1 Å². The maximum atomic E-state index is 11.4. The third kappa shape index (κ3) is 3.22. The first kappa shape index (κ1) is 16.7. The maximum Gasteiger partial charge on any atom is 0.309 e. The Labute approximate surface area is 143 Å². The van der Waals surface area contributed by atoms with Gasteiger partial charge in [-0.15, -0.1) is 0 Å². The van der Waals surface area contributed by atoms with Crippen molar-refractivity contribution in [3.8, 4) is 5.69 Å². The number of hydrogen-bond donors (Lipinski definition) is 1. The van der Waals surface area contributed by atoms with Gasteiger partial charge in [-0.3, -0.25) is 4.79 Å². The fourth-order valence-corrected chi connectivity index (χ4v) is 3.16. The Morgan fingerprint density at radius 1 is 1.29 bits per heavy atom. The molecule has 0 spiro atoms. The molecule has 0 bridgehead atoms. The molecule has 0 aliphatic carbocycles. The highest BCUT2D eigenvalue weighted by atomic mass is 16.5. The summed E-state index contributed by atoms with van der Waals surface area (Å²) >= 11 is 0. The number of rotatable bonds is 3. The molecule has 0 fully saturated rings. The average molecular weight is 327 g/mol. The van der Waals surface area contributed by atoms with Gasteiger partial charge >= 0.3 is 5.97 Å². The van der Waals surface area contributed by atoms with Gasteiger partial charge in [-0.2, -0.15) is 5.10 Å². The van der Waals surface area contributed by atoms with Gasteiger partial charge in [0.05, 0.1) is 30.6 Å². The van der Waals surface area contributed by atoms with E-state index in [1.165, 1.54) is 18.4 Å². The van der Waals surface area contributed by atoms with E-state index < -0.39 is 0 Å². The zero-order valence-corrected chi connectivity index (χ0v) is 14.8. The van der Waals surface area contributed by atoms with Crippen LogP contribution >= 0.6 is 0 Å². The van der Waals surface area contributed by atoms with Crippen LogP contribution in [0.15, 0.2) is 24.3 Å². The summed E-state index contributed by atoms with van der Waals surface area (Å²) in [5.41, 5.74) is 5.77. The van der Waals surface area contributed by atoms with E-state index in [1.807, 2.05) is 24.3 Å².